The van der Waals surface area contributed by atoms with Crippen LogP contribution in [-0.2, 0) is 0 Å². The van der Waals surface area contributed by atoms with Gasteiger partial charge in [0, 0.05) is 30.1 Å². The summed E-state index contributed by atoms with van der Waals surface area (Å²) in [7, 11) is 0. The minimum Gasteiger partial charge on any atom is -0.457 e. The van der Waals surface area contributed by atoms with E-state index in [2.05, 4.69) is 36.8 Å². The normalized spacial score (nSPS) is 13.3. The summed E-state index contributed by atoms with van der Waals surface area (Å²) in [6.07, 6.45) is 6.25. The molecule has 9 nitrogen and oxygen atoms in total. The molecule has 4 aromatic heterocycles. The summed E-state index contributed by atoms with van der Waals surface area (Å²) >= 11 is 0. The third-order valence-electron chi connectivity index (χ3n) is 6.07. The van der Waals surface area contributed by atoms with Crippen LogP contribution in [0.1, 0.15) is 23.4 Å². The third kappa shape index (κ3) is 4.58. The van der Waals surface area contributed by atoms with Crippen molar-refractivity contribution in [3.63, 3.8) is 0 Å². The summed E-state index contributed by atoms with van der Waals surface area (Å²) in [6, 6.07) is 13.8. The number of aryl methyl sites for hydroxylation is 2. The quantitative estimate of drug-likeness (QED) is 0.347. The molecule has 0 atom stereocenters. The van der Waals surface area contributed by atoms with Gasteiger partial charge in [-0.3, -0.25) is 0 Å². The lowest BCUT2D eigenvalue weighted by Gasteiger charge is -2.15. The Hall–Kier alpha value is -4.08. The van der Waals surface area contributed by atoms with Gasteiger partial charge in [0.25, 0.3) is 0 Å². The number of hydrogen-bond donors (Lipinski definition) is 2. The van der Waals surface area contributed by atoms with Gasteiger partial charge < -0.3 is 15.4 Å². The van der Waals surface area contributed by atoms with Gasteiger partial charge in [0.15, 0.2) is 11.5 Å². The molecule has 0 fully saturated rings. The van der Waals surface area contributed by atoms with Crippen LogP contribution in [-0.4, -0.2) is 42.6 Å². The molecule has 0 saturated carbocycles. The van der Waals surface area contributed by atoms with Gasteiger partial charge in [-0.1, -0.05) is 6.08 Å². The number of rotatable bonds is 5. The van der Waals surface area contributed by atoms with E-state index in [0.717, 1.165) is 70.3 Å². The summed E-state index contributed by atoms with van der Waals surface area (Å²) in [6.45, 7) is 5.82. The van der Waals surface area contributed by atoms with Crippen LogP contribution in [0.25, 0.3) is 22.3 Å². The van der Waals surface area contributed by atoms with Crippen LogP contribution >= 0.6 is 12.4 Å². The van der Waals surface area contributed by atoms with Gasteiger partial charge in [0.1, 0.15) is 29.7 Å². The van der Waals surface area contributed by atoms with Gasteiger partial charge in [-0.25, -0.2) is 24.5 Å². The van der Waals surface area contributed by atoms with Crippen molar-refractivity contribution < 1.29 is 4.74 Å². The van der Waals surface area contributed by atoms with E-state index >= 15 is 0 Å². The van der Waals surface area contributed by atoms with Crippen LogP contribution in [0.3, 0.4) is 0 Å². The first kappa shape index (κ1) is 23.7. The fourth-order valence-corrected chi connectivity index (χ4v) is 4.29. The molecular formula is C26H25ClN8O. The predicted octanol–water partition coefficient (Wildman–Crippen LogP) is 5.02. The summed E-state index contributed by atoms with van der Waals surface area (Å²) in [5, 5.41) is 11.0. The Morgan fingerprint density at radius 3 is 2.75 bits per heavy atom. The zero-order valence-corrected chi connectivity index (χ0v) is 20.7. The molecule has 5 heterocycles. The van der Waals surface area contributed by atoms with E-state index in [-0.39, 0.29) is 12.4 Å². The number of anilines is 2. The molecule has 0 bridgehead atoms. The number of benzene rings is 1. The van der Waals surface area contributed by atoms with Crippen molar-refractivity contribution in [3.05, 3.63) is 78.1 Å². The van der Waals surface area contributed by atoms with E-state index in [1.54, 1.807) is 10.8 Å². The van der Waals surface area contributed by atoms with Crippen LogP contribution in [0.2, 0.25) is 0 Å². The van der Waals surface area contributed by atoms with Crippen molar-refractivity contribution in [1.82, 2.24) is 34.9 Å². The maximum Gasteiger partial charge on any atom is 0.160 e. The molecule has 2 N–H and O–H groups in total. The average molecular weight is 501 g/mol. The molecule has 0 aliphatic carbocycles. The highest BCUT2D eigenvalue weighted by atomic mass is 35.5. The number of halogens is 1. The Labute approximate surface area is 214 Å². The Bertz CT molecular complexity index is 1600. The summed E-state index contributed by atoms with van der Waals surface area (Å²) < 4.78 is 7.95. The topological polar surface area (TPSA) is 102 Å². The minimum atomic E-state index is 0. The Kier molecular flexibility index (Phi) is 6.49. The van der Waals surface area contributed by atoms with Crippen LogP contribution in [0.5, 0.6) is 11.5 Å². The molecule has 0 unspecified atom stereocenters. The lowest BCUT2D eigenvalue weighted by molar-refractivity contribution is 0.478. The monoisotopic (exact) mass is 500 g/mol. The second kappa shape index (κ2) is 9.88. The molecule has 0 spiro atoms. The zero-order chi connectivity index (χ0) is 23.8. The van der Waals surface area contributed by atoms with Crippen molar-refractivity contribution in [2.45, 2.75) is 20.3 Å². The molecular weight excluding hydrogens is 476 g/mol. The van der Waals surface area contributed by atoms with E-state index in [1.807, 2.05) is 56.3 Å². The summed E-state index contributed by atoms with van der Waals surface area (Å²) in [5.74, 6) is 2.16. The third-order valence-corrected chi connectivity index (χ3v) is 6.07. The number of fused-ring (bicyclic) bond motifs is 2. The van der Waals surface area contributed by atoms with Crippen molar-refractivity contribution >= 4 is 46.2 Å². The molecule has 1 aliphatic rings. The SMILES string of the molecule is Cc1cc(Nc2ncnc3ccc(C4=CCNCC4)nc23)ccc1Oc1cc(C)n2ncnc2c1.Cl. The Morgan fingerprint density at radius 2 is 1.92 bits per heavy atom. The lowest BCUT2D eigenvalue weighted by atomic mass is 10.1. The van der Waals surface area contributed by atoms with E-state index in [0.29, 0.717) is 5.82 Å². The van der Waals surface area contributed by atoms with Crippen LogP contribution < -0.4 is 15.4 Å². The second-order valence-electron chi connectivity index (χ2n) is 8.54. The first-order valence-corrected chi connectivity index (χ1v) is 11.5. The molecule has 1 aliphatic heterocycles. The molecule has 6 rings (SSSR count). The van der Waals surface area contributed by atoms with E-state index < -0.39 is 0 Å². The smallest absolute Gasteiger partial charge is 0.160 e. The largest absolute Gasteiger partial charge is 0.457 e. The summed E-state index contributed by atoms with van der Waals surface area (Å²) in [4.78, 5) is 18.0. The molecule has 1 aromatic carbocycles. The standard InChI is InChI=1S/C26H24N8O.ClH/c1-16-11-19(3-6-23(16)35-20-12-17(2)34-24(13-20)29-15-31-34)32-26-25-22(28-14-30-26)5-4-21(33-25)18-7-9-27-10-8-18;/h3-7,11-15,27H,8-10H2,1-2H3,(H,28,30,32);1H. The molecule has 5 aromatic rings. The highest BCUT2D eigenvalue weighted by Gasteiger charge is 2.12. The maximum absolute atomic E-state index is 6.17. The van der Waals surface area contributed by atoms with Crippen molar-refractivity contribution in [3.8, 4) is 11.5 Å². The average Bonchev–Trinajstić information content (AvgIpc) is 3.36. The Morgan fingerprint density at radius 1 is 1.00 bits per heavy atom. The molecule has 0 saturated heterocycles. The van der Waals surface area contributed by atoms with E-state index in [4.69, 9.17) is 9.72 Å². The van der Waals surface area contributed by atoms with Crippen LogP contribution in [0, 0.1) is 13.8 Å². The second-order valence-corrected chi connectivity index (χ2v) is 8.54. The predicted molar refractivity (Wildman–Crippen MR) is 142 cm³/mol. The number of ether oxygens (including phenoxy) is 1. The molecule has 182 valence electrons. The first-order valence-electron chi connectivity index (χ1n) is 11.5. The number of nitrogens with one attached hydrogen (secondary N) is 2. The number of aromatic nitrogens is 6. The molecule has 0 amide bonds. The van der Waals surface area contributed by atoms with Gasteiger partial charge in [-0.05, 0) is 68.3 Å². The van der Waals surface area contributed by atoms with E-state index in [1.165, 1.54) is 11.9 Å². The van der Waals surface area contributed by atoms with Gasteiger partial charge in [-0.15, -0.1) is 12.4 Å². The lowest BCUT2D eigenvalue weighted by Crippen LogP contribution is -2.20. The van der Waals surface area contributed by atoms with Crippen molar-refractivity contribution in [2.24, 2.45) is 0 Å². The van der Waals surface area contributed by atoms with Crippen LogP contribution in [0.4, 0.5) is 11.5 Å². The van der Waals surface area contributed by atoms with Crippen LogP contribution in [0.15, 0.2) is 61.2 Å². The number of hydrogen-bond acceptors (Lipinski definition) is 8. The fraction of sp³-hybridized carbons (Fsp3) is 0.192. The molecule has 36 heavy (non-hydrogen) atoms. The maximum atomic E-state index is 6.17. The molecule has 10 heteroatoms. The van der Waals surface area contributed by atoms with Gasteiger partial charge in [-0.2, -0.15) is 5.10 Å². The fourth-order valence-electron chi connectivity index (χ4n) is 4.29. The van der Waals surface area contributed by atoms with Gasteiger partial charge in [0.05, 0.1) is 11.2 Å². The zero-order valence-electron chi connectivity index (χ0n) is 19.9. The summed E-state index contributed by atoms with van der Waals surface area (Å²) in [5.41, 5.74) is 7.35. The highest BCUT2D eigenvalue weighted by molar-refractivity contribution is 5.88. The number of pyridine rings is 2. The minimum absolute atomic E-state index is 0. The highest BCUT2D eigenvalue weighted by Crippen LogP contribution is 2.31. The van der Waals surface area contributed by atoms with Gasteiger partial charge in [0.2, 0.25) is 0 Å². The van der Waals surface area contributed by atoms with E-state index in [9.17, 15) is 0 Å². The van der Waals surface area contributed by atoms with Crippen molar-refractivity contribution in [2.75, 3.05) is 18.4 Å². The Balaban J connectivity index is 0.00000267. The number of nitrogens with zero attached hydrogens (tertiary/aromatic N) is 6. The van der Waals surface area contributed by atoms with Gasteiger partial charge >= 0.3 is 0 Å². The van der Waals surface area contributed by atoms with Crippen molar-refractivity contribution in [1.29, 1.82) is 0 Å². The molecule has 0 radical (unpaired) electrons. The first-order chi connectivity index (χ1) is 17.1.